The van der Waals surface area contributed by atoms with E-state index in [2.05, 4.69) is 4.90 Å². The average Bonchev–Trinajstić information content (AvgIpc) is 2.70. The van der Waals surface area contributed by atoms with Crippen molar-refractivity contribution in [3.63, 3.8) is 0 Å². The third-order valence-corrected chi connectivity index (χ3v) is 5.47. The largest absolute Gasteiger partial charge is 0.416 e. The molecule has 0 atom stereocenters. The molecule has 0 aromatic heterocycles. The van der Waals surface area contributed by atoms with E-state index in [4.69, 9.17) is 0 Å². The third kappa shape index (κ3) is 5.38. The molecule has 1 amide bonds. The van der Waals surface area contributed by atoms with Gasteiger partial charge in [-0.25, -0.2) is 0 Å². The van der Waals surface area contributed by atoms with Crippen LogP contribution in [0.25, 0.3) is 0 Å². The second-order valence-corrected chi connectivity index (χ2v) is 7.66. The highest BCUT2D eigenvalue weighted by Crippen LogP contribution is 2.30. The number of nitrogens with zero attached hydrogens (tertiary/aromatic N) is 2. The van der Waals surface area contributed by atoms with Crippen LogP contribution in [0.15, 0.2) is 48.5 Å². The van der Waals surface area contributed by atoms with Gasteiger partial charge in [0.05, 0.1) is 5.56 Å². The van der Waals surface area contributed by atoms with Gasteiger partial charge in [0.15, 0.2) is 0 Å². The molecular formula is C23H27F3N2O. The van der Waals surface area contributed by atoms with Crippen molar-refractivity contribution in [2.75, 3.05) is 18.0 Å². The summed E-state index contributed by atoms with van der Waals surface area (Å²) < 4.78 is 38.8. The number of amides is 1. The average molecular weight is 404 g/mol. The van der Waals surface area contributed by atoms with E-state index in [-0.39, 0.29) is 11.9 Å². The van der Waals surface area contributed by atoms with Gasteiger partial charge >= 0.3 is 6.18 Å². The number of carbonyl (C=O) groups excluding carboxylic acids is 1. The number of hydrogen-bond donors (Lipinski definition) is 0. The molecule has 2 aromatic carbocycles. The van der Waals surface area contributed by atoms with Crippen molar-refractivity contribution in [3.8, 4) is 0 Å². The minimum absolute atomic E-state index is 0.102. The second-order valence-electron chi connectivity index (χ2n) is 7.66. The molecule has 29 heavy (non-hydrogen) atoms. The van der Waals surface area contributed by atoms with Gasteiger partial charge < -0.3 is 4.90 Å². The molecule has 2 aromatic rings. The molecule has 0 N–H and O–H groups in total. The van der Waals surface area contributed by atoms with Crippen LogP contribution in [0.4, 0.5) is 18.9 Å². The van der Waals surface area contributed by atoms with E-state index in [1.54, 1.807) is 6.07 Å². The third-order valence-electron chi connectivity index (χ3n) is 5.47. The number of rotatable bonds is 5. The first-order valence-electron chi connectivity index (χ1n) is 10.0. The second kappa shape index (κ2) is 8.99. The Balaban J connectivity index is 1.65. The minimum atomic E-state index is -4.32. The lowest BCUT2D eigenvalue weighted by molar-refractivity contribution is -0.137. The standard InChI is InChI=1S/C23H27F3N2O/c1-3-22(29)28(20-9-7-17(2)8-10-20)21-11-13-27(14-12-21)16-18-5-4-6-19(15-18)23(24,25)26/h4-10,15,21H,3,11-14,16H2,1-2H3. The first-order valence-corrected chi connectivity index (χ1v) is 10.0. The number of anilines is 1. The van der Waals surface area contributed by atoms with Gasteiger partial charge in [0.25, 0.3) is 0 Å². The zero-order chi connectivity index (χ0) is 21.0. The molecular weight excluding hydrogens is 377 g/mol. The molecule has 1 aliphatic rings. The Kier molecular flexibility index (Phi) is 6.63. The summed E-state index contributed by atoms with van der Waals surface area (Å²) in [7, 11) is 0. The van der Waals surface area contributed by atoms with Crippen LogP contribution >= 0.6 is 0 Å². The van der Waals surface area contributed by atoms with E-state index < -0.39 is 11.7 Å². The molecule has 0 spiro atoms. The van der Waals surface area contributed by atoms with Gasteiger partial charge in [-0.1, -0.05) is 42.8 Å². The Morgan fingerprint density at radius 3 is 2.34 bits per heavy atom. The Hall–Kier alpha value is -2.34. The van der Waals surface area contributed by atoms with Gasteiger partial charge in [-0.15, -0.1) is 0 Å². The van der Waals surface area contributed by atoms with Gasteiger partial charge in [-0.05, 0) is 43.5 Å². The predicted molar refractivity (Wildman–Crippen MR) is 109 cm³/mol. The fourth-order valence-electron chi connectivity index (χ4n) is 3.87. The van der Waals surface area contributed by atoms with Crippen molar-refractivity contribution in [1.82, 2.24) is 4.90 Å². The van der Waals surface area contributed by atoms with E-state index in [0.717, 1.165) is 43.2 Å². The SMILES string of the molecule is CCC(=O)N(c1ccc(C)cc1)C1CCN(Cc2cccc(C(F)(F)F)c2)CC1. The number of piperidine rings is 1. The topological polar surface area (TPSA) is 23.6 Å². The quantitative estimate of drug-likeness (QED) is 0.664. The molecule has 1 aliphatic heterocycles. The highest BCUT2D eigenvalue weighted by molar-refractivity contribution is 5.93. The molecule has 1 heterocycles. The molecule has 1 saturated heterocycles. The van der Waals surface area contributed by atoms with Crippen LogP contribution in [0, 0.1) is 6.92 Å². The maximum Gasteiger partial charge on any atom is 0.416 e. The van der Waals surface area contributed by atoms with Crippen molar-refractivity contribution in [2.45, 2.75) is 51.9 Å². The number of benzene rings is 2. The molecule has 3 rings (SSSR count). The van der Waals surface area contributed by atoms with Gasteiger partial charge in [0.1, 0.15) is 0 Å². The Morgan fingerprint density at radius 1 is 1.10 bits per heavy atom. The molecule has 6 heteroatoms. The summed E-state index contributed by atoms with van der Waals surface area (Å²) in [6, 6.07) is 13.6. The number of halogens is 3. The van der Waals surface area contributed by atoms with Crippen LogP contribution < -0.4 is 4.90 Å². The molecule has 0 radical (unpaired) electrons. The molecule has 0 unspecified atom stereocenters. The molecule has 1 fully saturated rings. The maximum atomic E-state index is 12.9. The van der Waals surface area contributed by atoms with Gasteiger partial charge in [0, 0.05) is 37.8 Å². The number of carbonyl (C=O) groups is 1. The summed E-state index contributed by atoms with van der Waals surface area (Å²) in [6.45, 7) is 5.87. The fraction of sp³-hybridized carbons (Fsp3) is 0.435. The van der Waals surface area contributed by atoms with Crippen molar-refractivity contribution in [2.24, 2.45) is 0 Å². The van der Waals surface area contributed by atoms with Crippen LogP contribution in [-0.2, 0) is 17.5 Å². The van der Waals surface area contributed by atoms with Crippen molar-refractivity contribution < 1.29 is 18.0 Å². The molecule has 3 nitrogen and oxygen atoms in total. The maximum absolute atomic E-state index is 12.9. The monoisotopic (exact) mass is 404 g/mol. The molecule has 0 saturated carbocycles. The highest BCUT2D eigenvalue weighted by Gasteiger charge is 2.31. The number of alkyl halides is 3. The van der Waals surface area contributed by atoms with Crippen molar-refractivity contribution in [1.29, 1.82) is 0 Å². The van der Waals surface area contributed by atoms with E-state index >= 15 is 0 Å². The van der Waals surface area contributed by atoms with E-state index in [0.29, 0.717) is 18.5 Å². The van der Waals surface area contributed by atoms with E-state index in [1.807, 2.05) is 43.0 Å². The normalized spacial score (nSPS) is 16.0. The van der Waals surface area contributed by atoms with Crippen LogP contribution in [0.3, 0.4) is 0 Å². The Morgan fingerprint density at radius 2 is 1.76 bits per heavy atom. The highest BCUT2D eigenvalue weighted by atomic mass is 19.4. The van der Waals surface area contributed by atoms with Gasteiger partial charge in [0.2, 0.25) is 5.91 Å². The minimum Gasteiger partial charge on any atom is -0.309 e. The summed E-state index contributed by atoms with van der Waals surface area (Å²) in [5.74, 6) is 0.102. The Labute approximate surface area is 170 Å². The summed E-state index contributed by atoms with van der Waals surface area (Å²) in [6.07, 6.45) is -2.27. The fourth-order valence-corrected chi connectivity index (χ4v) is 3.87. The van der Waals surface area contributed by atoms with Crippen LogP contribution in [0.5, 0.6) is 0 Å². The molecule has 0 bridgehead atoms. The lowest BCUT2D eigenvalue weighted by Crippen LogP contribution is -2.47. The molecule has 156 valence electrons. The van der Waals surface area contributed by atoms with Gasteiger partial charge in [-0.2, -0.15) is 13.2 Å². The Bertz CT molecular complexity index is 825. The smallest absolute Gasteiger partial charge is 0.309 e. The summed E-state index contributed by atoms with van der Waals surface area (Å²) >= 11 is 0. The van der Waals surface area contributed by atoms with Crippen LogP contribution in [0.2, 0.25) is 0 Å². The van der Waals surface area contributed by atoms with Crippen LogP contribution in [-0.4, -0.2) is 29.9 Å². The number of hydrogen-bond acceptors (Lipinski definition) is 2. The van der Waals surface area contributed by atoms with Crippen LogP contribution in [0.1, 0.15) is 42.9 Å². The number of likely N-dealkylation sites (tertiary alicyclic amines) is 1. The lowest BCUT2D eigenvalue weighted by Gasteiger charge is -2.38. The summed E-state index contributed by atoms with van der Waals surface area (Å²) in [4.78, 5) is 16.7. The van der Waals surface area contributed by atoms with Crippen molar-refractivity contribution in [3.05, 3.63) is 65.2 Å². The predicted octanol–water partition coefficient (Wildman–Crippen LogP) is 5.42. The van der Waals surface area contributed by atoms with Gasteiger partial charge in [-0.3, -0.25) is 9.69 Å². The van der Waals surface area contributed by atoms with E-state index in [9.17, 15) is 18.0 Å². The first-order chi connectivity index (χ1) is 13.8. The lowest BCUT2D eigenvalue weighted by atomic mass is 10.0. The first kappa shape index (κ1) is 21.4. The zero-order valence-corrected chi connectivity index (χ0v) is 16.9. The number of aryl methyl sites for hydroxylation is 1. The molecule has 0 aliphatic carbocycles. The summed E-state index contributed by atoms with van der Waals surface area (Å²) in [5, 5.41) is 0. The zero-order valence-electron chi connectivity index (χ0n) is 16.9. The summed E-state index contributed by atoms with van der Waals surface area (Å²) in [5.41, 5.74) is 2.12. The van der Waals surface area contributed by atoms with E-state index in [1.165, 1.54) is 12.1 Å². The van der Waals surface area contributed by atoms with Crippen molar-refractivity contribution >= 4 is 11.6 Å².